The number of carbonyl (C=O) groups excluding carboxylic acids is 1. The molecule has 4 nitrogen and oxygen atoms in total. The number of carbonyl (C=O) groups is 2. The molecule has 0 radical (unpaired) electrons. The monoisotopic (exact) mass is 299 g/mol. The minimum Gasteiger partial charge on any atom is -0.480 e. The van der Waals surface area contributed by atoms with E-state index in [2.05, 4.69) is 6.92 Å². The van der Waals surface area contributed by atoms with Crippen LogP contribution in [0.4, 0.5) is 0 Å². The van der Waals surface area contributed by atoms with E-state index in [-0.39, 0.29) is 5.91 Å². The maximum atomic E-state index is 12.0. The summed E-state index contributed by atoms with van der Waals surface area (Å²) in [6.45, 7) is 6.08. The predicted molar refractivity (Wildman–Crippen MR) is 86.3 cm³/mol. The molecule has 4 heteroatoms. The lowest BCUT2D eigenvalue weighted by Crippen LogP contribution is -2.42. The second-order valence-corrected chi connectivity index (χ2v) is 5.77. The Balaban J connectivity index is 3.67. The molecule has 0 rings (SSSR count). The van der Waals surface area contributed by atoms with Crippen LogP contribution in [-0.2, 0) is 9.59 Å². The average Bonchev–Trinajstić information content (AvgIpc) is 2.46. The van der Waals surface area contributed by atoms with E-state index in [1.165, 1.54) is 49.8 Å². The molecule has 1 amide bonds. The minimum absolute atomic E-state index is 0.0321. The molecule has 0 saturated carbocycles. The van der Waals surface area contributed by atoms with Gasteiger partial charge in [-0.3, -0.25) is 4.79 Å². The minimum atomic E-state index is -0.933. The fraction of sp³-hybridized carbons (Fsp3) is 0.882. The van der Waals surface area contributed by atoms with Crippen LogP contribution in [0, 0.1) is 0 Å². The summed E-state index contributed by atoms with van der Waals surface area (Å²) in [6.07, 6.45) is 11.4. The number of carboxylic acids is 1. The molecule has 124 valence electrons. The molecule has 0 aromatic rings. The van der Waals surface area contributed by atoms with Gasteiger partial charge in [-0.25, -0.2) is 4.79 Å². The third-order valence-electron chi connectivity index (χ3n) is 3.98. The summed E-state index contributed by atoms with van der Waals surface area (Å²) in [5.41, 5.74) is 0. The first-order chi connectivity index (χ1) is 10.0. The number of rotatable bonds is 13. The first-order valence-electron chi connectivity index (χ1n) is 8.56. The van der Waals surface area contributed by atoms with Crippen LogP contribution in [0.3, 0.4) is 0 Å². The largest absolute Gasteiger partial charge is 0.480 e. The Hall–Kier alpha value is -1.06. The highest BCUT2D eigenvalue weighted by Gasteiger charge is 2.23. The van der Waals surface area contributed by atoms with Crippen LogP contribution in [0.15, 0.2) is 0 Å². The van der Waals surface area contributed by atoms with Gasteiger partial charge in [-0.05, 0) is 20.3 Å². The first kappa shape index (κ1) is 19.9. The van der Waals surface area contributed by atoms with Gasteiger partial charge >= 0.3 is 5.97 Å². The number of hydrogen-bond acceptors (Lipinski definition) is 2. The van der Waals surface area contributed by atoms with Crippen molar-refractivity contribution in [2.45, 2.75) is 91.0 Å². The van der Waals surface area contributed by atoms with Gasteiger partial charge in [-0.15, -0.1) is 0 Å². The van der Waals surface area contributed by atoms with Gasteiger partial charge in [0, 0.05) is 13.0 Å². The van der Waals surface area contributed by atoms with Crippen LogP contribution < -0.4 is 0 Å². The molecule has 0 aromatic carbocycles. The van der Waals surface area contributed by atoms with E-state index in [0.29, 0.717) is 13.0 Å². The molecule has 1 atom stereocenters. The number of likely N-dealkylation sites (N-methyl/N-ethyl adjacent to an activating group) is 1. The zero-order valence-corrected chi connectivity index (χ0v) is 14.1. The molecule has 0 fully saturated rings. The van der Waals surface area contributed by atoms with Crippen molar-refractivity contribution in [1.29, 1.82) is 0 Å². The summed E-state index contributed by atoms with van der Waals surface area (Å²) < 4.78 is 0. The van der Waals surface area contributed by atoms with E-state index < -0.39 is 12.0 Å². The van der Waals surface area contributed by atoms with Crippen molar-refractivity contribution >= 4 is 11.9 Å². The molecule has 0 bridgehead atoms. The Morgan fingerprint density at radius 2 is 1.38 bits per heavy atom. The molecular formula is C17H33NO3. The lowest BCUT2D eigenvalue weighted by molar-refractivity contribution is -0.149. The lowest BCUT2D eigenvalue weighted by atomic mass is 10.1. The number of nitrogens with zero attached hydrogens (tertiary/aromatic N) is 1. The number of aliphatic carboxylic acids is 1. The van der Waals surface area contributed by atoms with Gasteiger partial charge in [0.15, 0.2) is 0 Å². The fourth-order valence-corrected chi connectivity index (χ4v) is 2.53. The maximum Gasteiger partial charge on any atom is 0.326 e. The lowest BCUT2D eigenvalue weighted by Gasteiger charge is -2.25. The standard InChI is InChI=1S/C17H33NO3/c1-4-6-7-8-9-10-11-12-13-14-16(19)18(5-2)15(3)17(20)21/h15H,4-14H2,1-3H3,(H,20,21). The third kappa shape index (κ3) is 9.48. The van der Waals surface area contributed by atoms with Crippen LogP contribution >= 0.6 is 0 Å². The second kappa shape index (κ2) is 12.7. The van der Waals surface area contributed by atoms with Gasteiger partial charge < -0.3 is 10.0 Å². The van der Waals surface area contributed by atoms with Gasteiger partial charge in [0.05, 0.1) is 0 Å². The van der Waals surface area contributed by atoms with E-state index >= 15 is 0 Å². The fourth-order valence-electron chi connectivity index (χ4n) is 2.53. The zero-order valence-electron chi connectivity index (χ0n) is 14.1. The normalized spacial score (nSPS) is 12.1. The van der Waals surface area contributed by atoms with Crippen molar-refractivity contribution < 1.29 is 14.7 Å². The summed E-state index contributed by atoms with van der Waals surface area (Å²) in [5, 5.41) is 8.97. The Morgan fingerprint density at radius 3 is 1.81 bits per heavy atom. The van der Waals surface area contributed by atoms with E-state index in [9.17, 15) is 9.59 Å². The highest BCUT2D eigenvalue weighted by Crippen LogP contribution is 2.12. The Labute approximate surface area is 129 Å². The van der Waals surface area contributed by atoms with Crippen molar-refractivity contribution in [3.63, 3.8) is 0 Å². The van der Waals surface area contributed by atoms with E-state index in [1.54, 1.807) is 6.92 Å². The van der Waals surface area contributed by atoms with Gasteiger partial charge in [0.2, 0.25) is 5.91 Å². The molecule has 0 spiro atoms. The van der Waals surface area contributed by atoms with Crippen molar-refractivity contribution in [2.75, 3.05) is 6.54 Å². The molecule has 0 saturated heterocycles. The highest BCUT2D eigenvalue weighted by atomic mass is 16.4. The Morgan fingerprint density at radius 1 is 0.905 bits per heavy atom. The number of hydrogen-bond donors (Lipinski definition) is 1. The highest BCUT2D eigenvalue weighted by molar-refractivity contribution is 5.83. The van der Waals surface area contributed by atoms with Gasteiger partial charge in [0.25, 0.3) is 0 Å². The van der Waals surface area contributed by atoms with Crippen molar-refractivity contribution in [2.24, 2.45) is 0 Å². The first-order valence-corrected chi connectivity index (χ1v) is 8.56. The van der Waals surface area contributed by atoms with Crippen LogP contribution in [0.5, 0.6) is 0 Å². The molecule has 1 N–H and O–H groups in total. The van der Waals surface area contributed by atoms with Crippen LogP contribution in [-0.4, -0.2) is 34.5 Å². The van der Waals surface area contributed by atoms with Crippen LogP contribution in [0.25, 0.3) is 0 Å². The SMILES string of the molecule is CCCCCCCCCCCC(=O)N(CC)C(C)C(=O)O. The third-order valence-corrected chi connectivity index (χ3v) is 3.98. The van der Waals surface area contributed by atoms with Crippen LogP contribution in [0.1, 0.15) is 85.0 Å². The Kier molecular flexibility index (Phi) is 12.0. The van der Waals surface area contributed by atoms with E-state index in [4.69, 9.17) is 5.11 Å². The van der Waals surface area contributed by atoms with Crippen molar-refractivity contribution in [3.05, 3.63) is 0 Å². The quantitative estimate of drug-likeness (QED) is 0.518. The number of amides is 1. The summed E-state index contributed by atoms with van der Waals surface area (Å²) in [4.78, 5) is 24.4. The van der Waals surface area contributed by atoms with Crippen molar-refractivity contribution in [3.8, 4) is 0 Å². The molecule has 0 heterocycles. The number of carboxylic acid groups (broad SMARTS) is 1. The van der Waals surface area contributed by atoms with Crippen molar-refractivity contribution in [1.82, 2.24) is 4.90 Å². The predicted octanol–water partition coefficient (Wildman–Crippen LogP) is 4.23. The van der Waals surface area contributed by atoms with Gasteiger partial charge in [-0.1, -0.05) is 58.3 Å². The average molecular weight is 299 g/mol. The zero-order chi connectivity index (χ0) is 16.1. The second-order valence-electron chi connectivity index (χ2n) is 5.77. The summed E-state index contributed by atoms with van der Waals surface area (Å²) in [6, 6.07) is -0.721. The summed E-state index contributed by atoms with van der Waals surface area (Å²) >= 11 is 0. The summed E-state index contributed by atoms with van der Waals surface area (Å²) in [7, 11) is 0. The number of unbranched alkanes of at least 4 members (excludes halogenated alkanes) is 8. The van der Waals surface area contributed by atoms with E-state index in [1.807, 2.05) is 6.92 Å². The smallest absolute Gasteiger partial charge is 0.326 e. The molecule has 21 heavy (non-hydrogen) atoms. The molecular weight excluding hydrogens is 266 g/mol. The summed E-state index contributed by atoms with van der Waals surface area (Å²) in [5.74, 6) is -0.965. The van der Waals surface area contributed by atoms with E-state index in [0.717, 1.165) is 12.8 Å². The topological polar surface area (TPSA) is 57.6 Å². The maximum absolute atomic E-state index is 12.0. The van der Waals surface area contributed by atoms with Gasteiger partial charge in [-0.2, -0.15) is 0 Å². The Bertz CT molecular complexity index is 292. The molecule has 0 aliphatic heterocycles. The van der Waals surface area contributed by atoms with Gasteiger partial charge in [0.1, 0.15) is 6.04 Å². The molecule has 0 aliphatic carbocycles. The van der Waals surface area contributed by atoms with Crippen LogP contribution in [0.2, 0.25) is 0 Å². The molecule has 1 unspecified atom stereocenters. The molecule has 0 aliphatic rings. The molecule has 0 aromatic heterocycles.